The zero-order chi connectivity index (χ0) is 22.8. The van der Waals surface area contributed by atoms with Crippen LogP contribution in [-0.2, 0) is 22.6 Å². The van der Waals surface area contributed by atoms with E-state index in [0.717, 1.165) is 5.39 Å². The summed E-state index contributed by atoms with van der Waals surface area (Å²) >= 11 is 5.78. The van der Waals surface area contributed by atoms with E-state index in [-0.39, 0.29) is 29.5 Å². The average Bonchev–Trinajstić information content (AvgIpc) is 3.40. The number of nitrogens with one attached hydrogen (secondary N) is 2. The molecule has 3 aromatic rings. The maximum atomic E-state index is 14.1. The minimum atomic E-state index is -0.741. The third kappa shape index (κ3) is 4.17. The summed E-state index contributed by atoms with van der Waals surface area (Å²) in [5, 5.41) is 4.67. The molecule has 0 spiro atoms. The van der Waals surface area contributed by atoms with E-state index in [1.165, 1.54) is 27.9 Å². The number of nitrogens with zero attached hydrogens (tertiary/aromatic N) is 2. The number of halogens is 2. The van der Waals surface area contributed by atoms with E-state index in [0.29, 0.717) is 24.0 Å². The third-order valence-corrected chi connectivity index (χ3v) is 5.73. The van der Waals surface area contributed by atoms with Crippen molar-refractivity contribution in [1.82, 2.24) is 20.3 Å². The van der Waals surface area contributed by atoms with Crippen LogP contribution in [0.5, 0.6) is 0 Å². The van der Waals surface area contributed by atoms with Crippen molar-refractivity contribution in [3.05, 3.63) is 70.6 Å². The topological polar surface area (TPSA) is 109 Å². The van der Waals surface area contributed by atoms with E-state index in [4.69, 9.17) is 17.3 Å². The van der Waals surface area contributed by atoms with Crippen LogP contribution in [-0.4, -0.2) is 40.0 Å². The highest BCUT2D eigenvalue weighted by Gasteiger charge is 2.34. The van der Waals surface area contributed by atoms with E-state index in [1.54, 1.807) is 30.3 Å². The van der Waals surface area contributed by atoms with Gasteiger partial charge < -0.3 is 11.1 Å². The Kier molecular flexibility index (Phi) is 6.11. The maximum absolute atomic E-state index is 14.1. The Labute approximate surface area is 188 Å². The van der Waals surface area contributed by atoms with Gasteiger partial charge in [-0.1, -0.05) is 41.9 Å². The molecular weight excluding hydrogens is 437 g/mol. The fourth-order valence-electron chi connectivity index (χ4n) is 3.88. The molecule has 166 valence electrons. The van der Waals surface area contributed by atoms with Crippen LogP contribution in [0.15, 0.2) is 48.7 Å². The lowest BCUT2D eigenvalue weighted by atomic mass is 10.1. The first-order valence-electron chi connectivity index (χ1n) is 10.0. The molecule has 1 aromatic heterocycles. The predicted molar refractivity (Wildman–Crippen MR) is 117 cm³/mol. The second-order valence-corrected chi connectivity index (χ2v) is 7.87. The summed E-state index contributed by atoms with van der Waals surface area (Å²) in [5.74, 6) is -1.32. The van der Waals surface area contributed by atoms with E-state index in [1.807, 2.05) is 0 Å². The van der Waals surface area contributed by atoms with E-state index in [9.17, 15) is 18.8 Å². The van der Waals surface area contributed by atoms with Gasteiger partial charge in [0.05, 0.1) is 17.0 Å². The minimum absolute atomic E-state index is 0.0220. The summed E-state index contributed by atoms with van der Waals surface area (Å²) in [6.07, 6.45) is 1.93. The quantitative estimate of drug-likeness (QED) is 0.546. The molecule has 1 fully saturated rings. The fraction of sp³-hybridized carbons (Fsp3) is 0.227. The van der Waals surface area contributed by atoms with E-state index >= 15 is 0 Å². The van der Waals surface area contributed by atoms with Gasteiger partial charge in [0.1, 0.15) is 11.9 Å². The number of hydrogen-bond acceptors (Lipinski definition) is 4. The largest absolute Gasteiger partial charge is 0.351 e. The molecule has 0 saturated carbocycles. The highest BCUT2D eigenvalue weighted by Crippen LogP contribution is 2.23. The Morgan fingerprint density at radius 2 is 1.94 bits per heavy atom. The van der Waals surface area contributed by atoms with Gasteiger partial charge in [0.25, 0.3) is 0 Å². The van der Waals surface area contributed by atoms with Gasteiger partial charge in [-0.2, -0.15) is 0 Å². The molecule has 1 aliphatic heterocycles. The molecule has 1 aliphatic rings. The average molecular weight is 458 g/mol. The number of para-hydroxylation sites is 1. The molecule has 1 saturated heterocycles. The molecule has 4 N–H and O–H groups in total. The highest BCUT2D eigenvalue weighted by molar-refractivity contribution is 6.30. The van der Waals surface area contributed by atoms with Crippen molar-refractivity contribution < 1.29 is 18.8 Å². The van der Waals surface area contributed by atoms with Crippen molar-refractivity contribution in [2.45, 2.75) is 25.4 Å². The second kappa shape index (κ2) is 8.97. The van der Waals surface area contributed by atoms with Crippen LogP contribution in [0.1, 0.15) is 17.5 Å². The Morgan fingerprint density at radius 1 is 1.16 bits per heavy atom. The number of nitrogens with two attached hydrogens (primary N) is 1. The standard InChI is InChI=1S/C22H21ClFN5O3/c23-16-6-3-4-13(20(16)24)11-26-21(31)18-8-9-27-29(18)19(30)10-14-12-28(22(25)32)17-7-2-1-5-15(14)17/h1-7,12,18,27H,8-11H2,(H2,25,32)(H,26,31)/t18-/m0/s1. The molecule has 32 heavy (non-hydrogen) atoms. The van der Waals surface area contributed by atoms with Gasteiger partial charge in [0, 0.05) is 30.2 Å². The predicted octanol–water partition coefficient (Wildman–Crippen LogP) is 2.33. The molecule has 0 unspecified atom stereocenters. The number of aromatic nitrogens is 1. The van der Waals surface area contributed by atoms with Crippen molar-refractivity contribution in [1.29, 1.82) is 0 Å². The summed E-state index contributed by atoms with van der Waals surface area (Å²) in [7, 11) is 0. The van der Waals surface area contributed by atoms with Crippen molar-refractivity contribution in [2.24, 2.45) is 5.73 Å². The number of primary amides is 1. The van der Waals surface area contributed by atoms with Gasteiger partial charge in [0.15, 0.2) is 0 Å². The van der Waals surface area contributed by atoms with Gasteiger partial charge in [-0.3, -0.25) is 19.2 Å². The molecule has 1 atom stereocenters. The van der Waals surface area contributed by atoms with Crippen molar-refractivity contribution >= 4 is 40.3 Å². The minimum Gasteiger partial charge on any atom is -0.351 e. The van der Waals surface area contributed by atoms with E-state index < -0.39 is 23.8 Å². The summed E-state index contributed by atoms with van der Waals surface area (Å²) in [5.41, 5.74) is 9.86. The van der Waals surface area contributed by atoms with Gasteiger partial charge >= 0.3 is 6.03 Å². The van der Waals surface area contributed by atoms with Crippen LogP contribution in [0.3, 0.4) is 0 Å². The van der Waals surface area contributed by atoms with Gasteiger partial charge in [-0.05, 0) is 24.1 Å². The molecule has 3 amide bonds. The third-order valence-electron chi connectivity index (χ3n) is 5.44. The summed E-state index contributed by atoms with van der Waals surface area (Å²) < 4.78 is 15.4. The molecule has 0 bridgehead atoms. The Balaban J connectivity index is 1.47. The summed E-state index contributed by atoms with van der Waals surface area (Å²) in [6.45, 7) is 0.397. The lowest BCUT2D eigenvalue weighted by molar-refractivity contribution is -0.140. The number of fused-ring (bicyclic) bond motifs is 1. The first-order valence-corrected chi connectivity index (χ1v) is 10.4. The van der Waals surface area contributed by atoms with Crippen molar-refractivity contribution in [3.8, 4) is 0 Å². The maximum Gasteiger partial charge on any atom is 0.323 e. The summed E-state index contributed by atoms with van der Waals surface area (Å²) in [6, 6.07) is 10.3. The summed E-state index contributed by atoms with van der Waals surface area (Å²) in [4.78, 5) is 37.5. The number of carbonyl (C=O) groups excluding carboxylic acids is 3. The van der Waals surface area contributed by atoms with Crippen LogP contribution in [0, 0.1) is 5.82 Å². The highest BCUT2D eigenvalue weighted by atomic mass is 35.5. The molecule has 2 aromatic carbocycles. The molecule has 10 heteroatoms. The number of benzene rings is 2. The van der Waals surface area contributed by atoms with Gasteiger partial charge in [0.2, 0.25) is 11.8 Å². The monoisotopic (exact) mass is 457 g/mol. The SMILES string of the molecule is NC(=O)n1cc(CC(=O)N2NCC[C@H]2C(=O)NCc2cccc(Cl)c2F)c2ccccc21. The van der Waals surface area contributed by atoms with Crippen LogP contribution in [0.25, 0.3) is 10.9 Å². The van der Waals surface area contributed by atoms with Crippen LogP contribution in [0.2, 0.25) is 5.02 Å². The fourth-order valence-corrected chi connectivity index (χ4v) is 4.07. The van der Waals surface area contributed by atoms with Crippen molar-refractivity contribution in [3.63, 3.8) is 0 Å². The van der Waals surface area contributed by atoms with Crippen molar-refractivity contribution in [2.75, 3.05) is 6.54 Å². The first-order chi connectivity index (χ1) is 15.4. The molecule has 4 rings (SSSR count). The van der Waals surface area contributed by atoms with Crippen LogP contribution < -0.4 is 16.5 Å². The molecule has 0 radical (unpaired) electrons. The smallest absolute Gasteiger partial charge is 0.323 e. The normalized spacial score (nSPS) is 15.8. The number of hydrogen-bond donors (Lipinski definition) is 3. The van der Waals surface area contributed by atoms with Crippen LogP contribution >= 0.6 is 11.6 Å². The Hall–Kier alpha value is -3.43. The zero-order valence-corrected chi connectivity index (χ0v) is 17.7. The lowest BCUT2D eigenvalue weighted by Gasteiger charge is -2.23. The zero-order valence-electron chi connectivity index (χ0n) is 17.0. The first kappa shape index (κ1) is 21.8. The van der Waals surface area contributed by atoms with Crippen LogP contribution in [0.4, 0.5) is 9.18 Å². The molecule has 0 aliphatic carbocycles. The molecule has 2 heterocycles. The van der Waals surface area contributed by atoms with Gasteiger partial charge in [-0.15, -0.1) is 0 Å². The van der Waals surface area contributed by atoms with Gasteiger partial charge in [-0.25, -0.2) is 14.6 Å². The molecular formula is C22H21ClFN5O3. The second-order valence-electron chi connectivity index (χ2n) is 7.46. The number of rotatable bonds is 5. The number of amides is 3. The molecule has 8 nitrogen and oxygen atoms in total. The number of carbonyl (C=O) groups is 3. The number of hydrazine groups is 1. The van der Waals surface area contributed by atoms with E-state index in [2.05, 4.69) is 10.7 Å². The lowest BCUT2D eigenvalue weighted by Crippen LogP contribution is -2.50. The Morgan fingerprint density at radius 3 is 2.72 bits per heavy atom. The Bertz CT molecular complexity index is 1210.